The van der Waals surface area contributed by atoms with E-state index in [0.29, 0.717) is 13.2 Å². The quantitative estimate of drug-likeness (QED) is 0.790. The predicted molar refractivity (Wildman–Crippen MR) is 97.3 cm³/mol. The van der Waals surface area contributed by atoms with E-state index in [9.17, 15) is 0 Å². The number of ether oxygens (including phenoxy) is 1. The molecule has 0 spiro atoms. The molecule has 1 aliphatic heterocycles. The van der Waals surface area contributed by atoms with E-state index in [4.69, 9.17) is 10.5 Å². The largest absolute Gasteiger partial charge is 0.494 e. The lowest BCUT2D eigenvalue weighted by Gasteiger charge is -2.35. The highest BCUT2D eigenvalue weighted by atomic mass is 16.5. The Bertz CT molecular complexity index is 595. The van der Waals surface area contributed by atoms with Gasteiger partial charge in [-0.2, -0.15) is 0 Å². The summed E-state index contributed by atoms with van der Waals surface area (Å²) in [6.07, 6.45) is 2.75. The van der Waals surface area contributed by atoms with Gasteiger partial charge in [0.15, 0.2) is 0 Å². The maximum atomic E-state index is 5.65. The van der Waals surface area contributed by atoms with Crippen LogP contribution in [-0.4, -0.2) is 49.2 Å². The van der Waals surface area contributed by atoms with Gasteiger partial charge in [-0.15, -0.1) is 0 Å². The van der Waals surface area contributed by atoms with E-state index in [1.165, 1.54) is 5.56 Å². The van der Waals surface area contributed by atoms with Crippen LogP contribution in [0.3, 0.4) is 0 Å². The summed E-state index contributed by atoms with van der Waals surface area (Å²) >= 11 is 0. The predicted octanol–water partition coefficient (Wildman–Crippen LogP) is 2.13. The number of hydrogen-bond donors (Lipinski definition) is 1. The zero-order valence-electron chi connectivity index (χ0n) is 14.1. The summed E-state index contributed by atoms with van der Waals surface area (Å²) in [5.41, 5.74) is 6.80. The van der Waals surface area contributed by atoms with Gasteiger partial charge in [0.25, 0.3) is 0 Å². The van der Waals surface area contributed by atoms with Crippen molar-refractivity contribution in [2.24, 2.45) is 5.73 Å². The molecule has 0 saturated carbocycles. The van der Waals surface area contributed by atoms with Crippen molar-refractivity contribution in [3.05, 3.63) is 54.2 Å². The number of hydrogen-bond acceptors (Lipinski definition) is 5. The molecular formula is C19H26N4O. The van der Waals surface area contributed by atoms with Crippen LogP contribution in [0, 0.1) is 0 Å². The van der Waals surface area contributed by atoms with Crippen LogP contribution in [0.15, 0.2) is 48.7 Å². The van der Waals surface area contributed by atoms with Gasteiger partial charge in [0.1, 0.15) is 11.6 Å². The van der Waals surface area contributed by atoms with Crippen LogP contribution < -0.4 is 15.4 Å². The van der Waals surface area contributed by atoms with Crippen molar-refractivity contribution in [1.29, 1.82) is 0 Å². The summed E-state index contributed by atoms with van der Waals surface area (Å²) in [7, 11) is 0. The summed E-state index contributed by atoms with van der Waals surface area (Å²) in [4.78, 5) is 9.28. The van der Waals surface area contributed by atoms with Crippen molar-refractivity contribution in [1.82, 2.24) is 9.88 Å². The van der Waals surface area contributed by atoms with Gasteiger partial charge in [0.05, 0.1) is 6.61 Å². The third-order valence-electron chi connectivity index (χ3n) is 4.29. The molecular weight excluding hydrogens is 300 g/mol. The fraction of sp³-hybridized carbons (Fsp3) is 0.421. The monoisotopic (exact) mass is 326 g/mol. The van der Waals surface area contributed by atoms with Gasteiger partial charge in [-0.05, 0) is 42.8 Å². The Morgan fingerprint density at radius 3 is 2.46 bits per heavy atom. The zero-order valence-corrected chi connectivity index (χ0v) is 14.1. The Morgan fingerprint density at radius 2 is 1.79 bits per heavy atom. The fourth-order valence-corrected chi connectivity index (χ4v) is 2.90. The lowest BCUT2D eigenvalue weighted by molar-refractivity contribution is 0.249. The SMILES string of the molecule is NCCCOc1ccc(CN2CCN(c3ccccn3)CC2)cc1. The summed E-state index contributed by atoms with van der Waals surface area (Å²) in [5.74, 6) is 2.00. The van der Waals surface area contributed by atoms with Crippen LogP contribution in [0.5, 0.6) is 5.75 Å². The highest BCUT2D eigenvalue weighted by Gasteiger charge is 2.17. The minimum absolute atomic E-state index is 0.669. The first-order valence-corrected chi connectivity index (χ1v) is 8.65. The number of aromatic nitrogens is 1. The molecule has 0 unspecified atom stereocenters. The van der Waals surface area contributed by atoms with Crippen LogP contribution in [0.25, 0.3) is 0 Å². The first-order valence-electron chi connectivity index (χ1n) is 8.65. The minimum Gasteiger partial charge on any atom is -0.494 e. The molecule has 1 aromatic heterocycles. The highest BCUT2D eigenvalue weighted by Crippen LogP contribution is 2.17. The average Bonchev–Trinajstić information content (AvgIpc) is 2.65. The van der Waals surface area contributed by atoms with Crippen molar-refractivity contribution in [2.45, 2.75) is 13.0 Å². The number of nitrogens with two attached hydrogens (primary N) is 1. The smallest absolute Gasteiger partial charge is 0.128 e. The maximum Gasteiger partial charge on any atom is 0.128 e. The van der Waals surface area contributed by atoms with E-state index in [1.807, 2.05) is 18.3 Å². The van der Waals surface area contributed by atoms with Crippen LogP contribution in [0.2, 0.25) is 0 Å². The molecule has 0 radical (unpaired) electrons. The van der Waals surface area contributed by atoms with Gasteiger partial charge in [0, 0.05) is 38.9 Å². The second-order valence-electron chi connectivity index (χ2n) is 6.09. The van der Waals surface area contributed by atoms with Gasteiger partial charge in [0.2, 0.25) is 0 Å². The fourth-order valence-electron chi connectivity index (χ4n) is 2.90. The molecule has 3 rings (SSSR count). The standard InChI is InChI=1S/C19H26N4O/c20-9-3-15-24-18-7-5-17(6-8-18)16-22-11-13-23(14-12-22)19-4-1-2-10-21-19/h1-2,4-8,10H,3,9,11-16,20H2. The van der Waals surface area contributed by atoms with Crippen molar-refractivity contribution < 1.29 is 4.74 Å². The van der Waals surface area contributed by atoms with E-state index in [0.717, 1.165) is 50.7 Å². The van der Waals surface area contributed by atoms with E-state index < -0.39 is 0 Å². The number of piperazine rings is 1. The molecule has 128 valence electrons. The summed E-state index contributed by atoms with van der Waals surface area (Å²) in [6.45, 7) is 6.51. The van der Waals surface area contributed by atoms with E-state index >= 15 is 0 Å². The Balaban J connectivity index is 1.46. The Labute approximate surface area is 144 Å². The number of pyridine rings is 1. The second kappa shape index (κ2) is 8.66. The molecule has 1 aromatic carbocycles. The van der Waals surface area contributed by atoms with Crippen LogP contribution in [-0.2, 0) is 6.54 Å². The van der Waals surface area contributed by atoms with Crippen molar-refractivity contribution >= 4 is 5.82 Å². The molecule has 1 aliphatic rings. The molecule has 5 heteroatoms. The van der Waals surface area contributed by atoms with Crippen molar-refractivity contribution in [3.63, 3.8) is 0 Å². The summed E-state index contributed by atoms with van der Waals surface area (Å²) in [5, 5.41) is 0. The van der Waals surface area contributed by atoms with E-state index in [2.05, 4.69) is 45.1 Å². The molecule has 0 aliphatic carbocycles. The Kier molecular flexibility index (Phi) is 6.04. The van der Waals surface area contributed by atoms with E-state index in [1.54, 1.807) is 0 Å². The lowest BCUT2D eigenvalue weighted by Crippen LogP contribution is -2.46. The topological polar surface area (TPSA) is 54.6 Å². The summed E-state index contributed by atoms with van der Waals surface area (Å²) < 4.78 is 5.65. The molecule has 0 atom stereocenters. The maximum absolute atomic E-state index is 5.65. The molecule has 0 bridgehead atoms. The molecule has 1 fully saturated rings. The van der Waals surface area contributed by atoms with Gasteiger partial charge in [-0.25, -0.2) is 4.98 Å². The van der Waals surface area contributed by atoms with Crippen LogP contribution in [0.4, 0.5) is 5.82 Å². The van der Waals surface area contributed by atoms with Gasteiger partial charge in [-0.3, -0.25) is 4.90 Å². The van der Waals surface area contributed by atoms with Crippen LogP contribution >= 0.6 is 0 Å². The number of rotatable bonds is 7. The van der Waals surface area contributed by atoms with Gasteiger partial charge in [-0.1, -0.05) is 18.2 Å². The normalized spacial score (nSPS) is 15.5. The average molecular weight is 326 g/mol. The molecule has 2 heterocycles. The highest BCUT2D eigenvalue weighted by molar-refractivity contribution is 5.38. The molecule has 2 N–H and O–H groups in total. The zero-order chi connectivity index (χ0) is 16.6. The molecule has 1 saturated heterocycles. The van der Waals surface area contributed by atoms with Crippen LogP contribution in [0.1, 0.15) is 12.0 Å². The minimum atomic E-state index is 0.669. The third-order valence-corrected chi connectivity index (χ3v) is 4.29. The molecule has 0 amide bonds. The van der Waals surface area contributed by atoms with Gasteiger partial charge < -0.3 is 15.4 Å². The summed E-state index contributed by atoms with van der Waals surface area (Å²) in [6, 6.07) is 14.5. The lowest BCUT2D eigenvalue weighted by atomic mass is 10.2. The molecule has 2 aromatic rings. The molecule has 5 nitrogen and oxygen atoms in total. The van der Waals surface area contributed by atoms with Crippen molar-refractivity contribution in [3.8, 4) is 5.75 Å². The number of nitrogens with zero attached hydrogens (tertiary/aromatic N) is 3. The first-order chi connectivity index (χ1) is 11.8. The second-order valence-corrected chi connectivity index (χ2v) is 6.09. The molecule has 24 heavy (non-hydrogen) atoms. The Morgan fingerprint density at radius 1 is 1.00 bits per heavy atom. The van der Waals surface area contributed by atoms with Crippen molar-refractivity contribution in [2.75, 3.05) is 44.2 Å². The number of anilines is 1. The first kappa shape index (κ1) is 16.7. The number of benzene rings is 1. The Hall–Kier alpha value is -2.11. The third kappa shape index (κ3) is 4.69. The van der Waals surface area contributed by atoms with E-state index in [-0.39, 0.29) is 0 Å². The van der Waals surface area contributed by atoms with Gasteiger partial charge >= 0.3 is 0 Å².